The summed E-state index contributed by atoms with van der Waals surface area (Å²) in [6.07, 6.45) is 1.31. The van der Waals surface area contributed by atoms with Crippen LogP contribution in [0.1, 0.15) is 37.2 Å². The summed E-state index contributed by atoms with van der Waals surface area (Å²) in [6.45, 7) is 4.40. The molecule has 1 aromatic carbocycles. The van der Waals surface area contributed by atoms with Crippen LogP contribution in [0.25, 0.3) is 10.6 Å². The molecule has 1 aromatic heterocycles. The third kappa shape index (κ3) is 3.82. The van der Waals surface area contributed by atoms with Gasteiger partial charge in [-0.25, -0.2) is 9.78 Å². The van der Waals surface area contributed by atoms with E-state index in [-0.39, 0.29) is 12.0 Å². The number of carbonyl (C=O) groups is 2. The summed E-state index contributed by atoms with van der Waals surface area (Å²) in [5.74, 6) is -0.484. The van der Waals surface area contributed by atoms with Crippen LogP contribution in [0.3, 0.4) is 0 Å². The van der Waals surface area contributed by atoms with Gasteiger partial charge in [-0.3, -0.25) is 4.79 Å². The zero-order valence-electron chi connectivity index (χ0n) is 14.1. The van der Waals surface area contributed by atoms with Crippen molar-refractivity contribution in [3.8, 4) is 16.3 Å². The molecule has 25 heavy (non-hydrogen) atoms. The largest absolute Gasteiger partial charge is 0.491 e. The summed E-state index contributed by atoms with van der Waals surface area (Å²) in [7, 11) is 0. The highest BCUT2D eigenvalue weighted by Crippen LogP contribution is 2.28. The molecular weight excluding hydrogens is 340 g/mol. The van der Waals surface area contributed by atoms with E-state index in [1.165, 1.54) is 16.2 Å². The number of thiazole rings is 1. The monoisotopic (exact) mass is 360 g/mol. The lowest BCUT2D eigenvalue weighted by molar-refractivity contribution is -0.141. The van der Waals surface area contributed by atoms with E-state index in [4.69, 9.17) is 4.74 Å². The Kier molecular flexibility index (Phi) is 5.03. The van der Waals surface area contributed by atoms with Crippen LogP contribution < -0.4 is 4.74 Å². The van der Waals surface area contributed by atoms with Crippen molar-refractivity contribution >= 4 is 23.2 Å². The predicted octanol–water partition coefficient (Wildman–Crippen LogP) is 3.29. The molecule has 0 saturated carbocycles. The zero-order valence-corrected chi connectivity index (χ0v) is 15.0. The first-order valence-electron chi connectivity index (χ1n) is 8.22. The topological polar surface area (TPSA) is 79.7 Å². The summed E-state index contributed by atoms with van der Waals surface area (Å²) in [5, 5.41) is 11.6. The highest BCUT2D eigenvalue weighted by atomic mass is 32.1. The summed E-state index contributed by atoms with van der Waals surface area (Å²) in [5.41, 5.74) is 1.20. The average Bonchev–Trinajstić information content (AvgIpc) is 3.24. The standard InChI is InChI=1S/C18H20N2O4S/c1-11(2)24-13-7-5-12(6-8-13)16-19-14(10-25-16)17(21)20-9-3-4-15(20)18(22)23/h5-8,10-11,15H,3-4,9H2,1-2H3,(H,22,23). The lowest BCUT2D eigenvalue weighted by atomic mass is 10.2. The van der Waals surface area contributed by atoms with Gasteiger partial charge in [-0.2, -0.15) is 0 Å². The van der Waals surface area contributed by atoms with Crippen molar-refractivity contribution in [1.29, 1.82) is 0 Å². The second-order valence-electron chi connectivity index (χ2n) is 6.22. The molecular formula is C18H20N2O4S. The van der Waals surface area contributed by atoms with Gasteiger partial charge in [0.25, 0.3) is 5.91 Å². The minimum absolute atomic E-state index is 0.109. The minimum Gasteiger partial charge on any atom is -0.491 e. The Hall–Kier alpha value is -2.41. The van der Waals surface area contributed by atoms with Crippen LogP contribution in [0.4, 0.5) is 0 Å². The molecule has 1 fully saturated rings. The van der Waals surface area contributed by atoms with Crippen molar-refractivity contribution < 1.29 is 19.4 Å². The molecule has 6 nitrogen and oxygen atoms in total. The van der Waals surface area contributed by atoms with Crippen molar-refractivity contribution in [2.24, 2.45) is 0 Å². The highest BCUT2D eigenvalue weighted by Gasteiger charge is 2.35. The van der Waals surface area contributed by atoms with E-state index in [2.05, 4.69) is 4.98 Å². The van der Waals surface area contributed by atoms with Gasteiger partial charge in [0, 0.05) is 17.5 Å². The van der Waals surface area contributed by atoms with Crippen molar-refractivity contribution in [3.05, 3.63) is 35.3 Å². The van der Waals surface area contributed by atoms with Crippen molar-refractivity contribution in [1.82, 2.24) is 9.88 Å². The summed E-state index contributed by atoms with van der Waals surface area (Å²) in [6, 6.07) is 6.81. The van der Waals surface area contributed by atoms with Gasteiger partial charge in [0.1, 0.15) is 22.5 Å². The van der Waals surface area contributed by atoms with Crippen molar-refractivity contribution in [3.63, 3.8) is 0 Å². The summed E-state index contributed by atoms with van der Waals surface area (Å²) >= 11 is 1.37. The first-order chi connectivity index (χ1) is 12.0. The third-order valence-corrected chi connectivity index (χ3v) is 4.89. The molecule has 1 aliphatic heterocycles. The fraction of sp³-hybridized carbons (Fsp3) is 0.389. The second kappa shape index (κ2) is 7.23. The predicted molar refractivity (Wildman–Crippen MR) is 95.0 cm³/mol. The number of carboxylic acid groups (broad SMARTS) is 1. The molecule has 0 spiro atoms. The molecule has 1 amide bonds. The van der Waals surface area contributed by atoms with Crippen molar-refractivity contribution in [2.45, 2.75) is 38.8 Å². The summed E-state index contributed by atoms with van der Waals surface area (Å²) < 4.78 is 5.62. The quantitative estimate of drug-likeness (QED) is 0.885. The van der Waals surface area contributed by atoms with Crippen LogP contribution in [-0.4, -0.2) is 45.6 Å². The first-order valence-corrected chi connectivity index (χ1v) is 9.10. The number of hydrogen-bond acceptors (Lipinski definition) is 5. The van der Waals surface area contributed by atoms with Crippen LogP contribution in [0.15, 0.2) is 29.6 Å². The maximum absolute atomic E-state index is 12.6. The Balaban J connectivity index is 1.76. The van der Waals surface area contributed by atoms with Crippen LogP contribution in [0, 0.1) is 0 Å². The molecule has 7 heteroatoms. The Morgan fingerprint density at radius 2 is 2.04 bits per heavy atom. The number of ether oxygens (including phenoxy) is 1. The van der Waals surface area contributed by atoms with Crippen LogP contribution >= 0.6 is 11.3 Å². The van der Waals surface area contributed by atoms with Gasteiger partial charge in [0.2, 0.25) is 0 Å². The van der Waals surface area contributed by atoms with Gasteiger partial charge in [0.15, 0.2) is 0 Å². The van der Waals surface area contributed by atoms with Gasteiger partial charge >= 0.3 is 5.97 Å². The minimum atomic E-state index is -0.956. The Morgan fingerprint density at radius 1 is 1.32 bits per heavy atom. The molecule has 0 radical (unpaired) electrons. The number of nitrogens with zero attached hydrogens (tertiary/aromatic N) is 2. The van der Waals surface area contributed by atoms with E-state index >= 15 is 0 Å². The number of rotatable bonds is 5. The lowest BCUT2D eigenvalue weighted by Gasteiger charge is -2.20. The Labute approximate surface area is 150 Å². The number of carbonyl (C=O) groups excluding carboxylic acids is 1. The lowest BCUT2D eigenvalue weighted by Crippen LogP contribution is -2.40. The number of aromatic nitrogens is 1. The Bertz CT molecular complexity index is 770. The molecule has 1 unspecified atom stereocenters. The molecule has 0 aliphatic carbocycles. The van der Waals surface area contributed by atoms with Crippen LogP contribution in [0.5, 0.6) is 5.75 Å². The fourth-order valence-electron chi connectivity index (χ4n) is 2.87. The second-order valence-corrected chi connectivity index (χ2v) is 7.08. The Morgan fingerprint density at radius 3 is 2.68 bits per heavy atom. The maximum atomic E-state index is 12.6. The number of carboxylic acids is 1. The normalized spacial score (nSPS) is 17.1. The smallest absolute Gasteiger partial charge is 0.326 e. The van der Waals surface area contributed by atoms with E-state index in [9.17, 15) is 14.7 Å². The first kappa shape index (κ1) is 17.4. The molecule has 1 aliphatic rings. The summed E-state index contributed by atoms with van der Waals surface area (Å²) in [4.78, 5) is 29.6. The molecule has 2 heterocycles. The van der Waals surface area contributed by atoms with Crippen LogP contribution in [0.2, 0.25) is 0 Å². The maximum Gasteiger partial charge on any atom is 0.326 e. The number of benzene rings is 1. The average molecular weight is 360 g/mol. The van der Waals surface area contributed by atoms with Gasteiger partial charge in [-0.1, -0.05) is 0 Å². The van der Waals surface area contributed by atoms with Crippen molar-refractivity contribution in [2.75, 3.05) is 6.54 Å². The molecule has 1 saturated heterocycles. The van der Waals surface area contributed by atoms with Gasteiger partial charge in [-0.15, -0.1) is 11.3 Å². The van der Waals surface area contributed by atoms with E-state index in [0.29, 0.717) is 25.1 Å². The van der Waals surface area contributed by atoms with E-state index < -0.39 is 12.0 Å². The molecule has 3 rings (SSSR count). The molecule has 2 aromatic rings. The third-order valence-electron chi connectivity index (χ3n) is 4.00. The molecule has 0 bridgehead atoms. The van der Waals surface area contributed by atoms with Gasteiger partial charge in [0.05, 0.1) is 6.10 Å². The molecule has 1 N–H and O–H groups in total. The fourth-order valence-corrected chi connectivity index (χ4v) is 3.67. The molecule has 132 valence electrons. The highest BCUT2D eigenvalue weighted by molar-refractivity contribution is 7.13. The van der Waals surface area contributed by atoms with Gasteiger partial charge in [-0.05, 0) is 51.0 Å². The SMILES string of the molecule is CC(C)Oc1ccc(-c2nc(C(=O)N3CCCC3C(=O)O)cs2)cc1. The number of hydrogen-bond donors (Lipinski definition) is 1. The zero-order chi connectivity index (χ0) is 18.0. The number of likely N-dealkylation sites (tertiary alicyclic amines) is 1. The van der Waals surface area contributed by atoms with E-state index in [1.807, 2.05) is 38.1 Å². The number of aliphatic carboxylic acids is 1. The number of amides is 1. The van der Waals surface area contributed by atoms with E-state index in [1.54, 1.807) is 5.38 Å². The van der Waals surface area contributed by atoms with Crippen LogP contribution in [-0.2, 0) is 4.79 Å². The van der Waals surface area contributed by atoms with Gasteiger partial charge < -0.3 is 14.7 Å². The van der Waals surface area contributed by atoms with E-state index in [0.717, 1.165) is 16.3 Å². The molecule has 1 atom stereocenters.